The number of benzene rings is 4. The van der Waals surface area contributed by atoms with Gasteiger partial charge in [-0.1, -0.05) is 67.1 Å². The van der Waals surface area contributed by atoms with E-state index in [9.17, 15) is 92.7 Å². The Bertz CT molecular complexity index is 4250. The number of imidazole rings is 1. The minimum atomic E-state index is -2.45. The molecule has 0 aliphatic carbocycles. The van der Waals surface area contributed by atoms with Crippen LogP contribution in [-0.4, -0.2) is 236 Å². The number of aliphatic hydroxyl groups is 3. The summed E-state index contributed by atoms with van der Waals surface area (Å²) in [5, 5.41) is 75.8. The summed E-state index contributed by atoms with van der Waals surface area (Å²) in [7, 11) is 2.61. The maximum Gasteiger partial charge on any atom is 0.407 e. The van der Waals surface area contributed by atoms with Crippen LogP contribution in [0.15, 0.2) is 97.5 Å². The Balaban J connectivity index is 1.17. The summed E-state index contributed by atoms with van der Waals surface area (Å²) in [6.07, 6.45) is -4.80. The number of aromatic amines is 1. The van der Waals surface area contributed by atoms with Gasteiger partial charge in [0, 0.05) is 49.9 Å². The third kappa shape index (κ3) is 25.9. The number of aromatic nitrogens is 2. The quantitative estimate of drug-likeness (QED) is 0.0230. The van der Waals surface area contributed by atoms with Gasteiger partial charge in [-0.3, -0.25) is 62.3 Å². The molecule has 6 rings (SSSR count). The molecule has 5 aromatic rings. The van der Waals surface area contributed by atoms with Crippen LogP contribution in [-0.2, 0) is 92.7 Å². The molecule has 12 amide bonds. The number of aliphatic hydroxyl groups excluding tert-OH is 3. The number of aliphatic carboxylic acids is 2. The highest BCUT2D eigenvalue weighted by Gasteiger charge is 2.49. The number of nitrogens with zero attached hydrogens (tertiary/aromatic N) is 2. The second kappa shape index (κ2) is 42.0. The molecule has 113 heavy (non-hydrogen) atoms. The number of primary amides is 1. The maximum absolute atomic E-state index is 15.5. The Morgan fingerprint density at radius 3 is 1.96 bits per heavy atom. The summed E-state index contributed by atoms with van der Waals surface area (Å²) < 4.78 is 31.5. The first-order chi connectivity index (χ1) is 53.4. The zero-order valence-electron chi connectivity index (χ0n) is 63.3. The molecule has 612 valence electrons. The lowest BCUT2D eigenvalue weighted by Crippen LogP contribution is -2.67. The first-order valence-corrected chi connectivity index (χ1v) is 36.3. The van der Waals surface area contributed by atoms with E-state index in [2.05, 4.69) is 63.1 Å². The molecule has 0 unspecified atom stereocenters. The summed E-state index contributed by atoms with van der Waals surface area (Å²) in [5.41, 5.74) is 5.41. The number of aryl methyl sites for hydroxylation is 2. The number of carboxylic acids is 2. The lowest BCUT2D eigenvalue weighted by atomic mass is 9.90. The number of nitrogens with one attached hydrogen (secondary N) is 11. The maximum atomic E-state index is 15.5. The van der Waals surface area contributed by atoms with Crippen molar-refractivity contribution in [3.8, 4) is 22.6 Å². The lowest BCUT2D eigenvalue weighted by molar-refractivity contribution is -0.146. The zero-order chi connectivity index (χ0) is 83.6. The molecule has 18 N–H and O–H groups in total. The lowest BCUT2D eigenvalue weighted by Gasteiger charge is -2.37. The Kier molecular flexibility index (Phi) is 33.5. The number of nitrogens with two attached hydrogens (primary N) is 1. The van der Waals surface area contributed by atoms with Crippen LogP contribution in [0.1, 0.15) is 101 Å². The number of amides is 12. The Morgan fingerprint density at radius 1 is 0.717 bits per heavy atom. The van der Waals surface area contributed by atoms with E-state index in [1.807, 2.05) is 19.1 Å². The van der Waals surface area contributed by atoms with Crippen molar-refractivity contribution in [1.82, 2.24) is 68.0 Å². The van der Waals surface area contributed by atoms with Crippen molar-refractivity contribution in [2.75, 3.05) is 40.5 Å². The molecule has 0 saturated carbocycles. The second-order valence-electron chi connectivity index (χ2n) is 27.3. The molecule has 38 heteroatoms. The summed E-state index contributed by atoms with van der Waals surface area (Å²) in [4.78, 5) is 199. The molecule has 0 bridgehead atoms. The van der Waals surface area contributed by atoms with Crippen LogP contribution >= 0.6 is 11.6 Å². The summed E-state index contributed by atoms with van der Waals surface area (Å²) in [6.45, 7) is 5.67. The number of alkyl carbamates (subject to hydrolysis) is 1. The van der Waals surface area contributed by atoms with E-state index in [1.165, 1.54) is 49.7 Å². The van der Waals surface area contributed by atoms with Gasteiger partial charge >= 0.3 is 18.0 Å². The third-order valence-electron chi connectivity index (χ3n) is 18.7. The fourth-order valence-electron chi connectivity index (χ4n) is 12.3. The number of hydrogen-bond acceptors (Lipinski definition) is 21. The van der Waals surface area contributed by atoms with Gasteiger partial charge in [-0.2, -0.15) is 0 Å². The van der Waals surface area contributed by atoms with Crippen LogP contribution in [0, 0.1) is 12.7 Å². The van der Waals surface area contributed by atoms with Crippen molar-refractivity contribution in [2.24, 2.45) is 5.73 Å². The van der Waals surface area contributed by atoms with E-state index in [1.54, 1.807) is 55.5 Å². The number of carboxylic acid groups (broad SMARTS) is 2. The molecule has 2 heterocycles. The second-order valence-corrected chi connectivity index (χ2v) is 27.8. The van der Waals surface area contributed by atoms with Crippen LogP contribution in [0.3, 0.4) is 0 Å². The third-order valence-corrected chi connectivity index (χ3v) is 18.9. The van der Waals surface area contributed by atoms with E-state index >= 15 is 4.39 Å². The summed E-state index contributed by atoms with van der Waals surface area (Å²) in [6, 6.07) is 7.61. The predicted octanol–water partition coefficient (Wildman–Crippen LogP) is -0.685. The van der Waals surface area contributed by atoms with E-state index < -0.39 is 199 Å². The van der Waals surface area contributed by atoms with Crippen LogP contribution in [0.5, 0.6) is 11.5 Å². The molecule has 1 saturated heterocycles. The molecule has 1 aliphatic rings. The molecule has 1 aliphatic heterocycles. The number of ether oxygens (including phenoxy) is 3. The Morgan fingerprint density at radius 2 is 1.36 bits per heavy atom. The highest BCUT2D eigenvalue weighted by atomic mass is 35.5. The largest absolute Gasteiger partial charge is 0.497 e. The predicted molar refractivity (Wildman–Crippen MR) is 401 cm³/mol. The summed E-state index contributed by atoms with van der Waals surface area (Å²) in [5.74, 6) is -15.8. The number of rotatable bonds is 42. The normalized spacial score (nSPS) is 16.3. The van der Waals surface area contributed by atoms with Crippen molar-refractivity contribution in [3.63, 3.8) is 0 Å². The fourth-order valence-corrected chi connectivity index (χ4v) is 12.6. The van der Waals surface area contributed by atoms with Crippen LogP contribution in [0.25, 0.3) is 11.1 Å². The first-order valence-electron chi connectivity index (χ1n) is 35.9. The van der Waals surface area contributed by atoms with Gasteiger partial charge in [-0.15, -0.1) is 0 Å². The van der Waals surface area contributed by atoms with Crippen molar-refractivity contribution in [3.05, 3.63) is 136 Å². The van der Waals surface area contributed by atoms with Crippen molar-refractivity contribution >= 4 is 94.6 Å². The minimum absolute atomic E-state index is 0.0109. The number of carbonyl (C=O) groups is 14. The van der Waals surface area contributed by atoms with Gasteiger partial charge in [-0.05, 0) is 130 Å². The van der Waals surface area contributed by atoms with Gasteiger partial charge in [0.2, 0.25) is 65.0 Å². The first kappa shape index (κ1) is 90.1. The molecular formula is C75H96ClFN14O22. The van der Waals surface area contributed by atoms with Crippen LogP contribution in [0.4, 0.5) is 9.18 Å². The van der Waals surface area contributed by atoms with Crippen molar-refractivity contribution < 1.29 is 111 Å². The molecule has 0 radical (unpaired) electrons. The van der Waals surface area contributed by atoms with E-state index in [0.717, 1.165) is 50.6 Å². The SMILES string of the molecule is CCc1cc(OC)ccc1-c1ccc(C[C@H](NC(=O)[C@H](CC(=O)O)NC(=O)[C@H](CO)NC(=O)[C@@H](NC(=O)[C@@](C)(Cc2ccccc2F)NC(=O)[C@@H](NC(=O)CNC(=O)[C@H](CCC(=O)O)NC(=O)[C@@]2(C)CCCN2C(=O)[C@H](Cc2c[nH]cn2)NC(=O)OC)[C@@H](C)O)[C@@H](C)O)C(=O)N[C@@H](CCOc2ccc(Cl)cc2C)C(N)=O)cc1. The van der Waals surface area contributed by atoms with Crippen LogP contribution in [0.2, 0.25) is 5.02 Å². The topological polar surface area (TPSA) is 546 Å². The number of methoxy groups -OCH3 is 2. The molecule has 0 spiro atoms. The van der Waals surface area contributed by atoms with E-state index in [-0.39, 0.29) is 50.8 Å². The van der Waals surface area contributed by atoms with E-state index in [4.69, 9.17) is 31.5 Å². The minimum Gasteiger partial charge on any atom is -0.497 e. The number of H-pyrrole nitrogens is 1. The average molecular weight is 1600 g/mol. The number of hydrogen-bond donors (Lipinski definition) is 17. The monoisotopic (exact) mass is 1600 g/mol. The zero-order valence-corrected chi connectivity index (χ0v) is 64.1. The molecule has 4 aromatic carbocycles. The van der Waals surface area contributed by atoms with Gasteiger partial charge < -0.3 is 109 Å². The molecule has 1 fully saturated rings. The fraction of sp³-hybridized carbons (Fsp3) is 0.453. The highest BCUT2D eigenvalue weighted by Crippen LogP contribution is 2.32. The number of halogens is 2. The standard InChI is InChI=1S/C75H96ClFN14O22/c1-9-43-31-48(111-7)20-21-49(43)44-17-15-42(16-18-44)30-53(65(102)82-51(63(78)100)25-28-113-57-23-19-46(76)29-39(57)2)83-66(103)54(33-60(98)99)84-67(104)56(37-92)85-68(105)61(40(3)93)89-71(108)74(5,34-45-13-10-11-14-50(45)77)90-69(106)62(41(4)94)88-58(95)36-80-64(101)52(22-24-59(96)97)86-72(109)75(6)26-12-27-91(75)70(107)55(87-73(110)112-8)32-47-35-79-38-81-47/h10-11,13-21,23,29,31,35,38,40-41,51-56,61-62,92-94H,9,12,22,24-28,30,32-34,36-37H2,1-8H3,(H2,78,100)(H,79,81)(H,80,101)(H,82,102)(H,83,103)(H,84,104)(H,85,105)(H,86,109)(H,87,110)(H,88,95)(H,89,108)(H,90,106)(H,96,97)(H,98,99)/t40-,41-,51+,52+,53+,54+,55+,56+,61+,62+,74-,75-/m1/s1. The van der Waals surface area contributed by atoms with Gasteiger partial charge in [0.25, 0.3) is 0 Å². The molecule has 36 nitrogen and oxygen atoms in total. The molecular weight excluding hydrogens is 1500 g/mol. The van der Waals surface area contributed by atoms with Gasteiger partial charge in [-0.25, -0.2) is 14.2 Å². The van der Waals surface area contributed by atoms with Crippen LogP contribution < -0.4 is 68.4 Å². The number of carbonyl (C=O) groups excluding carboxylic acids is 12. The van der Waals surface area contributed by atoms with Gasteiger partial charge in [0.15, 0.2) is 0 Å². The molecule has 1 aromatic heterocycles. The highest BCUT2D eigenvalue weighted by molar-refractivity contribution is 6.30. The Labute approximate surface area is 653 Å². The van der Waals surface area contributed by atoms with Crippen molar-refractivity contribution in [2.45, 2.75) is 177 Å². The summed E-state index contributed by atoms with van der Waals surface area (Å²) >= 11 is 6.10. The smallest absolute Gasteiger partial charge is 0.407 e. The number of likely N-dealkylation sites (tertiary alicyclic amines) is 1. The van der Waals surface area contributed by atoms with Gasteiger partial charge in [0.05, 0.1) is 64.6 Å². The Hall–Kier alpha value is -11.8. The average Bonchev–Trinajstić information content (AvgIpc) is 1.60. The van der Waals surface area contributed by atoms with Gasteiger partial charge in [0.1, 0.15) is 76.7 Å². The molecule has 12 atom stereocenters. The van der Waals surface area contributed by atoms with E-state index in [0.29, 0.717) is 39.8 Å². The van der Waals surface area contributed by atoms with Crippen molar-refractivity contribution in [1.29, 1.82) is 0 Å².